The van der Waals surface area contributed by atoms with E-state index in [1.54, 1.807) is 6.92 Å². The number of thiol groups is 1. The van der Waals surface area contributed by atoms with Gasteiger partial charge in [0.25, 0.3) is 0 Å². The highest BCUT2D eigenvalue weighted by Crippen LogP contribution is 1.90. The minimum Gasteiger partial charge on any atom is -0.378 e. The number of hydrogen-bond donors (Lipinski definition) is 3. The molecule has 0 aliphatic rings. The zero-order valence-corrected chi connectivity index (χ0v) is 12.5. The fraction of sp³-hybridized carbons (Fsp3) is 0.917. The molecular formula is C12H26N2O3S. The van der Waals surface area contributed by atoms with Gasteiger partial charge < -0.3 is 20.1 Å². The van der Waals surface area contributed by atoms with E-state index in [9.17, 15) is 4.79 Å². The first kappa shape index (κ1) is 17.7. The standard InChI is InChI=1S/C12H26N2O3S/c1-10(2)13-4-6-16-8-9-17-7-5-14-12(15)11(3)18/h10-11,13,18H,4-9H2,1-3H3,(H,14,15). The van der Waals surface area contributed by atoms with Gasteiger partial charge in [0.05, 0.1) is 31.7 Å². The Hall–Kier alpha value is -0.300. The molecule has 1 unspecified atom stereocenters. The zero-order valence-electron chi connectivity index (χ0n) is 11.6. The van der Waals surface area contributed by atoms with Gasteiger partial charge in [-0.25, -0.2) is 0 Å². The van der Waals surface area contributed by atoms with Crippen LogP contribution in [-0.4, -0.2) is 56.7 Å². The predicted molar refractivity (Wildman–Crippen MR) is 76.2 cm³/mol. The fourth-order valence-electron chi connectivity index (χ4n) is 1.14. The average molecular weight is 278 g/mol. The Morgan fingerprint density at radius 1 is 1.06 bits per heavy atom. The highest BCUT2D eigenvalue weighted by atomic mass is 32.1. The van der Waals surface area contributed by atoms with Crippen LogP contribution >= 0.6 is 12.6 Å². The predicted octanol–water partition coefficient (Wildman–Crippen LogP) is 0.452. The van der Waals surface area contributed by atoms with Gasteiger partial charge in [0.2, 0.25) is 5.91 Å². The summed E-state index contributed by atoms with van der Waals surface area (Å²) in [5.41, 5.74) is 0. The Balaban J connectivity index is 3.10. The molecule has 0 saturated heterocycles. The molecule has 0 saturated carbocycles. The van der Waals surface area contributed by atoms with Crippen LogP contribution in [0.5, 0.6) is 0 Å². The molecular weight excluding hydrogens is 252 g/mol. The smallest absolute Gasteiger partial charge is 0.232 e. The number of hydrogen-bond acceptors (Lipinski definition) is 5. The van der Waals surface area contributed by atoms with Crippen molar-refractivity contribution in [3.05, 3.63) is 0 Å². The summed E-state index contributed by atoms with van der Waals surface area (Å²) in [6.07, 6.45) is 0. The molecule has 0 spiro atoms. The lowest BCUT2D eigenvalue weighted by molar-refractivity contribution is -0.120. The monoisotopic (exact) mass is 278 g/mol. The number of nitrogens with one attached hydrogen (secondary N) is 2. The van der Waals surface area contributed by atoms with Crippen molar-refractivity contribution < 1.29 is 14.3 Å². The van der Waals surface area contributed by atoms with Gasteiger partial charge in [-0.2, -0.15) is 12.6 Å². The summed E-state index contributed by atoms with van der Waals surface area (Å²) < 4.78 is 10.7. The third kappa shape index (κ3) is 12.2. The van der Waals surface area contributed by atoms with E-state index in [4.69, 9.17) is 9.47 Å². The van der Waals surface area contributed by atoms with Crippen molar-refractivity contribution in [2.45, 2.75) is 32.1 Å². The molecule has 0 aromatic carbocycles. The van der Waals surface area contributed by atoms with Crippen LogP contribution in [0.4, 0.5) is 0 Å². The van der Waals surface area contributed by atoms with Gasteiger partial charge in [0, 0.05) is 19.1 Å². The Bertz CT molecular complexity index is 213. The SMILES string of the molecule is CC(C)NCCOCCOCCNC(=O)C(C)S. The second-order valence-electron chi connectivity index (χ2n) is 4.30. The van der Waals surface area contributed by atoms with Crippen LogP contribution in [0.3, 0.4) is 0 Å². The van der Waals surface area contributed by atoms with E-state index in [1.807, 2.05) is 0 Å². The summed E-state index contributed by atoms with van der Waals surface area (Å²) >= 11 is 4.02. The van der Waals surface area contributed by atoms with Crippen LogP contribution in [0.25, 0.3) is 0 Å². The maximum Gasteiger partial charge on any atom is 0.232 e. The quantitative estimate of drug-likeness (QED) is 0.379. The van der Waals surface area contributed by atoms with Crippen molar-refractivity contribution in [3.8, 4) is 0 Å². The fourth-order valence-corrected chi connectivity index (χ4v) is 1.23. The van der Waals surface area contributed by atoms with Crippen LogP contribution in [0.15, 0.2) is 0 Å². The zero-order chi connectivity index (χ0) is 13.8. The third-order valence-corrected chi connectivity index (χ3v) is 2.33. The van der Waals surface area contributed by atoms with Crippen LogP contribution in [0, 0.1) is 0 Å². The van der Waals surface area contributed by atoms with Crippen LogP contribution in [-0.2, 0) is 14.3 Å². The van der Waals surface area contributed by atoms with Gasteiger partial charge in [-0.1, -0.05) is 13.8 Å². The van der Waals surface area contributed by atoms with E-state index >= 15 is 0 Å². The molecule has 0 heterocycles. The van der Waals surface area contributed by atoms with Gasteiger partial charge in [0.15, 0.2) is 0 Å². The van der Waals surface area contributed by atoms with Gasteiger partial charge in [-0.3, -0.25) is 4.79 Å². The average Bonchev–Trinajstić information content (AvgIpc) is 2.30. The van der Waals surface area contributed by atoms with Crippen molar-refractivity contribution >= 4 is 18.5 Å². The van der Waals surface area contributed by atoms with E-state index in [2.05, 4.69) is 37.1 Å². The van der Waals surface area contributed by atoms with Crippen molar-refractivity contribution in [2.24, 2.45) is 0 Å². The molecule has 6 heteroatoms. The molecule has 0 rings (SSSR count). The summed E-state index contributed by atoms with van der Waals surface area (Å²) in [6, 6.07) is 0.489. The number of amides is 1. The molecule has 2 N–H and O–H groups in total. The number of carbonyl (C=O) groups excluding carboxylic acids is 1. The largest absolute Gasteiger partial charge is 0.378 e. The van der Waals surface area contributed by atoms with E-state index < -0.39 is 0 Å². The normalized spacial score (nSPS) is 12.7. The van der Waals surface area contributed by atoms with Crippen molar-refractivity contribution in [1.29, 1.82) is 0 Å². The second kappa shape index (κ2) is 11.8. The molecule has 0 bridgehead atoms. The molecule has 0 radical (unpaired) electrons. The Morgan fingerprint density at radius 2 is 1.61 bits per heavy atom. The molecule has 0 aromatic rings. The van der Waals surface area contributed by atoms with Gasteiger partial charge in [0.1, 0.15) is 0 Å². The van der Waals surface area contributed by atoms with E-state index in [0.29, 0.717) is 39.0 Å². The molecule has 0 aliphatic heterocycles. The molecule has 0 fully saturated rings. The minimum atomic E-state index is -0.276. The van der Waals surface area contributed by atoms with Crippen LogP contribution in [0.2, 0.25) is 0 Å². The summed E-state index contributed by atoms with van der Waals surface area (Å²) in [7, 11) is 0. The Kier molecular flexibility index (Phi) is 11.6. The lowest BCUT2D eigenvalue weighted by atomic mass is 10.4. The van der Waals surface area contributed by atoms with Crippen molar-refractivity contribution in [1.82, 2.24) is 10.6 Å². The number of ether oxygens (including phenoxy) is 2. The first-order valence-corrected chi connectivity index (χ1v) is 6.90. The lowest BCUT2D eigenvalue weighted by Gasteiger charge is -2.09. The molecule has 1 atom stereocenters. The highest BCUT2D eigenvalue weighted by molar-refractivity contribution is 7.81. The molecule has 5 nitrogen and oxygen atoms in total. The van der Waals surface area contributed by atoms with Gasteiger partial charge >= 0.3 is 0 Å². The Morgan fingerprint density at radius 3 is 2.11 bits per heavy atom. The Labute approximate surface area is 115 Å². The highest BCUT2D eigenvalue weighted by Gasteiger charge is 2.05. The van der Waals surface area contributed by atoms with Crippen LogP contribution < -0.4 is 10.6 Å². The van der Waals surface area contributed by atoms with Crippen LogP contribution in [0.1, 0.15) is 20.8 Å². The lowest BCUT2D eigenvalue weighted by Crippen LogP contribution is -2.32. The molecule has 108 valence electrons. The summed E-state index contributed by atoms with van der Waals surface area (Å²) in [5.74, 6) is -0.0713. The van der Waals surface area contributed by atoms with Crippen molar-refractivity contribution in [3.63, 3.8) is 0 Å². The number of rotatable bonds is 11. The molecule has 0 aliphatic carbocycles. The summed E-state index contributed by atoms with van der Waals surface area (Å²) in [6.45, 7) is 9.62. The molecule has 1 amide bonds. The molecule has 18 heavy (non-hydrogen) atoms. The van der Waals surface area contributed by atoms with E-state index in [-0.39, 0.29) is 11.2 Å². The van der Waals surface area contributed by atoms with Gasteiger partial charge in [-0.15, -0.1) is 0 Å². The van der Waals surface area contributed by atoms with Gasteiger partial charge in [-0.05, 0) is 6.92 Å². The third-order valence-electron chi connectivity index (χ3n) is 2.10. The first-order valence-electron chi connectivity index (χ1n) is 6.38. The van der Waals surface area contributed by atoms with E-state index in [0.717, 1.165) is 6.54 Å². The maximum atomic E-state index is 11.1. The summed E-state index contributed by atoms with van der Waals surface area (Å²) in [5, 5.41) is 5.70. The van der Waals surface area contributed by atoms with Crippen molar-refractivity contribution in [2.75, 3.05) is 39.5 Å². The summed E-state index contributed by atoms with van der Waals surface area (Å²) in [4.78, 5) is 11.1. The van der Waals surface area contributed by atoms with E-state index in [1.165, 1.54) is 0 Å². The first-order chi connectivity index (χ1) is 8.54. The maximum absolute atomic E-state index is 11.1. The topological polar surface area (TPSA) is 59.6 Å². The number of carbonyl (C=O) groups is 1. The minimum absolute atomic E-state index is 0.0713. The second-order valence-corrected chi connectivity index (χ2v) is 5.08. The molecule has 0 aromatic heterocycles.